The molecule has 0 amide bonds. The minimum atomic E-state index is -0.444. The smallest absolute Gasteiger partial charge is 0.363 e. The minimum absolute atomic E-state index is 0.249. The quantitative estimate of drug-likeness (QED) is 0.630. The molecule has 3 rings (SSSR count). The number of nitrogens with zero attached hydrogens (tertiary/aromatic N) is 2. The molecule has 0 N–H and O–H groups in total. The normalized spacial score (nSPS) is 15.9. The molecule has 1 aliphatic heterocycles. The summed E-state index contributed by atoms with van der Waals surface area (Å²) in [4.78, 5) is 20.4. The lowest BCUT2D eigenvalue weighted by molar-refractivity contribution is -0.129. The average Bonchev–Trinajstić information content (AvgIpc) is 2.85. The third-order valence-corrected chi connectivity index (χ3v) is 3.52. The summed E-state index contributed by atoms with van der Waals surface area (Å²) in [7, 11) is 0. The maximum atomic E-state index is 12.0. The Morgan fingerprint density at radius 2 is 1.82 bits per heavy atom. The van der Waals surface area contributed by atoms with Crippen LogP contribution in [0.3, 0.4) is 0 Å². The second-order valence-corrected chi connectivity index (χ2v) is 5.36. The van der Waals surface area contributed by atoms with Gasteiger partial charge in [-0.2, -0.15) is 0 Å². The van der Waals surface area contributed by atoms with Crippen LogP contribution in [0.2, 0.25) is 0 Å². The van der Waals surface area contributed by atoms with Gasteiger partial charge < -0.3 is 4.74 Å². The molecule has 1 aromatic heterocycles. The number of aryl methyl sites for hydroxylation is 3. The predicted octanol–water partition coefficient (Wildman–Crippen LogP) is 3.35. The molecule has 0 bridgehead atoms. The van der Waals surface area contributed by atoms with E-state index >= 15 is 0 Å². The van der Waals surface area contributed by atoms with Crippen molar-refractivity contribution >= 4 is 17.9 Å². The van der Waals surface area contributed by atoms with Crippen molar-refractivity contribution < 1.29 is 9.53 Å². The molecule has 0 unspecified atom stereocenters. The van der Waals surface area contributed by atoms with E-state index in [1.165, 1.54) is 5.56 Å². The number of carbonyl (C=O) groups is 1. The Labute approximate surface area is 129 Å². The monoisotopic (exact) mass is 292 g/mol. The summed E-state index contributed by atoms with van der Waals surface area (Å²) in [5.74, 6) is -0.195. The van der Waals surface area contributed by atoms with E-state index in [1.807, 2.05) is 19.9 Å². The molecule has 1 aromatic carbocycles. The predicted molar refractivity (Wildman–Crippen MR) is 85.5 cm³/mol. The maximum Gasteiger partial charge on any atom is 0.363 e. The molecule has 0 fully saturated rings. The SMILES string of the molecule is Cc1cc(C)c(/C=C2\N=C(c3ccccn3)OC2=O)c(C)c1. The lowest BCUT2D eigenvalue weighted by atomic mass is 9.99. The summed E-state index contributed by atoms with van der Waals surface area (Å²) >= 11 is 0. The first-order valence-electron chi connectivity index (χ1n) is 7.06. The zero-order chi connectivity index (χ0) is 15.7. The van der Waals surface area contributed by atoms with Crippen LogP contribution in [0.4, 0.5) is 0 Å². The first kappa shape index (κ1) is 14.2. The van der Waals surface area contributed by atoms with Crippen molar-refractivity contribution in [3.05, 3.63) is 70.2 Å². The molecule has 0 aliphatic carbocycles. The molecule has 2 heterocycles. The topological polar surface area (TPSA) is 51.6 Å². The van der Waals surface area contributed by atoms with Gasteiger partial charge in [-0.15, -0.1) is 0 Å². The van der Waals surface area contributed by atoms with Gasteiger partial charge in [0, 0.05) is 6.20 Å². The highest BCUT2D eigenvalue weighted by Crippen LogP contribution is 2.23. The number of esters is 1. The Balaban J connectivity index is 2.02. The van der Waals surface area contributed by atoms with Crippen LogP contribution in [0.25, 0.3) is 6.08 Å². The first-order valence-corrected chi connectivity index (χ1v) is 7.06. The van der Waals surface area contributed by atoms with Gasteiger partial charge in [0.2, 0.25) is 5.90 Å². The Hall–Kier alpha value is -2.75. The third-order valence-electron chi connectivity index (χ3n) is 3.52. The second-order valence-electron chi connectivity index (χ2n) is 5.36. The third kappa shape index (κ3) is 2.68. The van der Waals surface area contributed by atoms with Crippen molar-refractivity contribution in [3.63, 3.8) is 0 Å². The van der Waals surface area contributed by atoms with Crippen LogP contribution in [0, 0.1) is 20.8 Å². The van der Waals surface area contributed by atoms with E-state index in [2.05, 4.69) is 29.0 Å². The lowest BCUT2D eigenvalue weighted by Gasteiger charge is -2.07. The van der Waals surface area contributed by atoms with E-state index in [-0.39, 0.29) is 5.90 Å². The van der Waals surface area contributed by atoms with Crippen LogP contribution in [0.5, 0.6) is 0 Å². The van der Waals surface area contributed by atoms with Crippen LogP contribution < -0.4 is 0 Å². The Morgan fingerprint density at radius 3 is 2.45 bits per heavy atom. The van der Waals surface area contributed by atoms with Gasteiger partial charge >= 0.3 is 5.97 Å². The molecule has 4 heteroatoms. The Kier molecular flexibility index (Phi) is 3.59. The molecule has 1 aliphatic rings. The summed E-state index contributed by atoms with van der Waals surface area (Å²) < 4.78 is 5.22. The zero-order valence-corrected chi connectivity index (χ0v) is 12.8. The number of cyclic esters (lactones) is 1. The highest BCUT2D eigenvalue weighted by atomic mass is 16.6. The largest absolute Gasteiger partial charge is 0.400 e. The number of ether oxygens (including phenoxy) is 1. The van der Waals surface area contributed by atoms with Crippen molar-refractivity contribution in [3.8, 4) is 0 Å². The number of rotatable bonds is 2. The maximum absolute atomic E-state index is 12.0. The number of hydrogen-bond donors (Lipinski definition) is 0. The van der Waals surface area contributed by atoms with Crippen molar-refractivity contribution in [2.45, 2.75) is 20.8 Å². The number of aliphatic imine (C=N–C) groups is 1. The molecule has 0 spiro atoms. The molecular weight excluding hydrogens is 276 g/mol. The number of benzene rings is 1. The average molecular weight is 292 g/mol. The second kappa shape index (κ2) is 5.56. The fourth-order valence-corrected chi connectivity index (χ4v) is 2.56. The van der Waals surface area contributed by atoms with Gasteiger partial charge in [-0.05, 0) is 55.7 Å². The van der Waals surface area contributed by atoms with Crippen LogP contribution in [-0.2, 0) is 9.53 Å². The molecule has 22 heavy (non-hydrogen) atoms. The molecule has 110 valence electrons. The molecule has 0 saturated heterocycles. The highest BCUT2D eigenvalue weighted by molar-refractivity contribution is 6.12. The van der Waals surface area contributed by atoms with Crippen LogP contribution >= 0.6 is 0 Å². The van der Waals surface area contributed by atoms with Crippen LogP contribution in [0.1, 0.15) is 27.9 Å². The van der Waals surface area contributed by atoms with Crippen LogP contribution in [-0.4, -0.2) is 16.9 Å². The number of aromatic nitrogens is 1. The van der Waals surface area contributed by atoms with Crippen molar-refractivity contribution in [1.29, 1.82) is 0 Å². The Bertz CT molecular complexity index is 782. The standard InChI is InChI=1S/C18H16N2O2/c1-11-8-12(2)14(13(3)9-11)10-16-18(21)22-17(20-16)15-6-4-5-7-19-15/h4-10H,1-3H3/b16-10-. The molecule has 0 saturated carbocycles. The number of pyridine rings is 1. The van der Waals surface area contributed by atoms with E-state index in [4.69, 9.17) is 4.74 Å². The van der Waals surface area contributed by atoms with Crippen molar-refractivity contribution in [1.82, 2.24) is 4.98 Å². The fraction of sp³-hybridized carbons (Fsp3) is 0.167. The number of carbonyl (C=O) groups excluding carboxylic acids is 1. The fourth-order valence-electron chi connectivity index (χ4n) is 2.56. The van der Waals surface area contributed by atoms with E-state index in [1.54, 1.807) is 24.4 Å². The van der Waals surface area contributed by atoms with Crippen molar-refractivity contribution in [2.75, 3.05) is 0 Å². The molecule has 2 aromatic rings. The first-order chi connectivity index (χ1) is 10.5. The van der Waals surface area contributed by atoms with E-state index in [0.717, 1.165) is 16.7 Å². The zero-order valence-electron chi connectivity index (χ0n) is 12.8. The van der Waals surface area contributed by atoms with E-state index in [9.17, 15) is 4.79 Å². The van der Waals surface area contributed by atoms with E-state index in [0.29, 0.717) is 11.4 Å². The van der Waals surface area contributed by atoms with Gasteiger partial charge in [0.25, 0.3) is 0 Å². The summed E-state index contributed by atoms with van der Waals surface area (Å²) in [5, 5.41) is 0. The summed E-state index contributed by atoms with van der Waals surface area (Å²) in [6.45, 7) is 6.10. The minimum Gasteiger partial charge on any atom is -0.400 e. The van der Waals surface area contributed by atoms with Gasteiger partial charge in [-0.1, -0.05) is 23.8 Å². The summed E-state index contributed by atoms with van der Waals surface area (Å²) in [5.41, 5.74) is 5.28. The highest BCUT2D eigenvalue weighted by Gasteiger charge is 2.25. The summed E-state index contributed by atoms with van der Waals surface area (Å²) in [6.07, 6.45) is 3.42. The van der Waals surface area contributed by atoms with Crippen molar-refractivity contribution in [2.24, 2.45) is 4.99 Å². The molecule has 4 nitrogen and oxygen atoms in total. The molecule has 0 radical (unpaired) electrons. The lowest BCUT2D eigenvalue weighted by Crippen LogP contribution is -2.06. The van der Waals surface area contributed by atoms with Gasteiger partial charge in [-0.3, -0.25) is 4.98 Å². The Morgan fingerprint density at radius 1 is 1.09 bits per heavy atom. The van der Waals surface area contributed by atoms with E-state index < -0.39 is 5.97 Å². The van der Waals surface area contributed by atoms with Gasteiger partial charge in [0.05, 0.1) is 0 Å². The molecular formula is C18H16N2O2. The van der Waals surface area contributed by atoms with Gasteiger partial charge in [0.15, 0.2) is 5.70 Å². The summed E-state index contributed by atoms with van der Waals surface area (Å²) in [6, 6.07) is 9.56. The molecule has 0 atom stereocenters. The number of hydrogen-bond acceptors (Lipinski definition) is 4. The van der Waals surface area contributed by atoms with Gasteiger partial charge in [-0.25, -0.2) is 9.79 Å². The van der Waals surface area contributed by atoms with Crippen LogP contribution in [0.15, 0.2) is 47.2 Å². The van der Waals surface area contributed by atoms with Gasteiger partial charge in [0.1, 0.15) is 5.69 Å².